The van der Waals surface area contributed by atoms with E-state index in [-0.39, 0.29) is 29.6 Å². The van der Waals surface area contributed by atoms with Crippen molar-refractivity contribution in [3.63, 3.8) is 0 Å². The average Bonchev–Trinajstić information content (AvgIpc) is 2.97. The number of halogens is 1. The number of aliphatic hydroxyl groups is 1. The van der Waals surface area contributed by atoms with Crippen molar-refractivity contribution in [2.45, 2.75) is 38.3 Å². The quantitative estimate of drug-likeness (QED) is 0.777. The SMILES string of the molecule is C[C@@H](O)[C@H](N)C(=O)N1CCC2(CC1)CC(=O)N(CC=Cc1ccccc1)C2.Cl. The van der Waals surface area contributed by atoms with Gasteiger partial charge in [0, 0.05) is 38.0 Å². The molecule has 0 bridgehead atoms. The van der Waals surface area contributed by atoms with Gasteiger partial charge in [0.05, 0.1) is 6.10 Å². The number of carbonyl (C=O) groups is 2. The third kappa shape index (κ3) is 5.13. The van der Waals surface area contributed by atoms with Crippen LogP contribution in [0.2, 0.25) is 0 Å². The summed E-state index contributed by atoms with van der Waals surface area (Å²) in [7, 11) is 0. The number of carbonyl (C=O) groups excluding carboxylic acids is 2. The van der Waals surface area contributed by atoms with Gasteiger partial charge in [0.1, 0.15) is 6.04 Å². The van der Waals surface area contributed by atoms with Crippen LogP contribution in [0.4, 0.5) is 0 Å². The minimum atomic E-state index is -0.871. The van der Waals surface area contributed by atoms with Gasteiger partial charge in [0.25, 0.3) is 0 Å². The number of hydrogen-bond donors (Lipinski definition) is 2. The molecule has 2 saturated heterocycles. The standard InChI is InChI=1S/C21H29N3O3.ClH/c1-16(25)19(22)20(27)23-12-9-21(10-13-23)14-18(26)24(15-21)11-5-8-17-6-3-2-4-7-17;/h2-8,16,19,25H,9-15,22H2,1H3;1H/t16-,19+;/m1./s1. The molecule has 3 rings (SSSR count). The van der Waals surface area contributed by atoms with E-state index in [2.05, 4.69) is 0 Å². The highest BCUT2D eigenvalue weighted by molar-refractivity contribution is 5.85. The molecule has 2 fully saturated rings. The van der Waals surface area contributed by atoms with E-state index < -0.39 is 12.1 Å². The summed E-state index contributed by atoms with van der Waals surface area (Å²) < 4.78 is 0. The molecule has 2 amide bonds. The van der Waals surface area contributed by atoms with Gasteiger partial charge in [-0.3, -0.25) is 9.59 Å². The highest BCUT2D eigenvalue weighted by Crippen LogP contribution is 2.41. The zero-order valence-electron chi connectivity index (χ0n) is 16.3. The molecule has 154 valence electrons. The van der Waals surface area contributed by atoms with Crippen LogP contribution >= 0.6 is 12.4 Å². The largest absolute Gasteiger partial charge is 0.391 e. The Bertz CT molecular complexity index is 700. The Morgan fingerprint density at radius 3 is 2.54 bits per heavy atom. The maximum Gasteiger partial charge on any atom is 0.242 e. The lowest BCUT2D eigenvalue weighted by Crippen LogP contribution is -2.53. The number of hydrogen-bond acceptors (Lipinski definition) is 4. The molecule has 1 aromatic carbocycles. The summed E-state index contributed by atoms with van der Waals surface area (Å²) in [5.41, 5.74) is 6.86. The zero-order valence-corrected chi connectivity index (χ0v) is 17.1. The van der Waals surface area contributed by atoms with Crippen molar-refractivity contribution in [3.8, 4) is 0 Å². The Morgan fingerprint density at radius 1 is 1.29 bits per heavy atom. The molecule has 1 spiro atoms. The second-order valence-corrected chi connectivity index (χ2v) is 7.86. The molecule has 2 heterocycles. The topological polar surface area (TPSA) is 86.9 Å². The third-order valence-corrected chi connectivity index (χ3v) is 5.78. The first-order chi connectivity index (χ1) is 12.9. The predicted molar refractivity (Wildman–Crippen MR) is 112 cm³/mol. The number of aliphatic hydroxyl groups excluding tert-OH is 1. The van der Waals surface area contributed by atoms with Crippen LogP contribution in [0.25, 0.3) is 6.08 Å². The van der Waals surface area contributed by atoms with Crippen molar-refractivity contribution < 1.29 is 14.7 Å². The molecule has 0 saturated carbocycles. The average molecular weight is 408 g/mol. The van der Waals surface area contributed by atoms with Crippen LogP contribution in [0.1, 0.15) is 31.7 Å². The molecular weight excluding hydrogens is 378 g/mol. The first kappa shape index (κ1) is 22.4. The molecule has 0 unspecified atom stereocenters. The van der Waals surface area contributed by atoms with Crippen molar-refractivity contribution in [2.24, 2.45) is 11.1 Å². The molecule has 0 aliphatic carbocycles. The van der Waals surface area contributed by atoms with E-state index in [9.17, 15) is 14.7 Å². The maximum absolute atomic E-state index is 12.5. The van der Waals surface area contributed by atoms with E-state index in [1.165, 1.54) is 6.92 Å². The van der Waals surface area contributed by atoms with E-state index in [4.69, 9.17) is 5.73 Å². The van der Waals surface area contributed by atoms with Crippen molar-refractivity contribution in [2.75, 3.05) is 26.2 Å². The summed E-state index contributed by atoms with van der Waals surface area (Å²) in [4.78, 5) is 28.4. The Kier molecular flexibility index (Phi) is 7.63. The lowest BCUT2D eigenvalue weighted by atomic mass is 9.77. The van der Waals surface area contributed by atoms with E-state index in [1.54, 1.807) is 4.90 Å². The van der Waals surface area contributed by atoms with E-state index in [0.29, 0.717) is 26.1 Å². The smallest absolute Gasteiger partial charge is 0.242 e. The number of rotatable bonds is 5. The Labute approximate surface area is 172 Å². The number of benzene rings is 1. The van der Waals surface area contributed by atoms with Gasteiger partial charge < -0.3 is 20.6 Å². The first-order valence-electron chi connectivity index (χ1n) is 9.62. The predicted octanol–water partition coefficient (Wildman–Crippen LogP) is 1.67. The fraction of sp³-hybridized carbons (Fsp3) is 0.524. The summed E-state index contributed by atoms with van der Waals surface area (Å²) in [5, 5.41) is 9.53. The molecule has 7 heteroatoms. The Morgan fingerprint density at radius 2 is 1.93 bits per heavy atom. The minimum Gasteiger partial charge on any atom is -0.391 e. The number of nitrogens with two attached hydrogens (primary N) is 1. The zero-order chi connectivity index (χ0) is 19.4. The molecular formula is C21H30ClN3O3. The summed E-state index contributed by atoms with van der Waals surface area (Å²) in [6.45, 7) is 4.09. The number of likely N-dealkylation sites (tertiary alicyclic amines) is 2. The van der Waals surface area contributed by atoms with Crippen LogP contribution in [0.3, 0.4) is 0 Å². The summed E-state index contributed by atoms with van der Waals surface area (Å²) >= 11 is 0. The molecule has 6 nitrogen and oxygen atoms in total. The summed E-state index contributed by atoms with van der Waals surface area (Å²) in [6.07, 6.45) is 5.37. The van der Waals surface area contributed by atoms with Crippen molar-refractivity contribution in [1.82, 2.24) is 9.80 Å². The maximum atomic E-state index is 12.5. The van der Waals surface area contributed by atoms with Gasteiger partial charge in [0.2, 0.25) is 11.8 Å². The lowest BCUT2D eigenvalue weighted by Gasteiger charge is -2.39. The molecule has 0 radical (unpaired) electrons. The first-order valence-corrected chi connectivity index (χ1v) is 9.62. The van der Waals surface area contributed by atoms with Crippen LogP contribution in [0.5, 0.6) is 0 Å². The van der Waals surface area contributed by atoms with Crippen LogP contribution in [0.15, 0.2) is 36.4 Å². The van der Waals surface area contributed by atoms with Crippen LogP contribution in [-0.4, -0.2) is 65.0 Å². The van der Waals surface area contributed by atoms with Crippen molar-refractivity contribution >= 4 is 30.3 Å². The molecule has 1 aromatic rings. The molecule has 2 aliphatic rings. The van der Waals surface area contributed by atoms with Gasteiger partial charge in [0.15, 0.2) is 0 Å². The minimum absolute atomic E-state index is 0. The molecule has 3 N–H and O–H groups in total. The van der Waals surface area contributed by atoms with Crippen molar-refractivity contribution in [3.05, 3.63) is 42.0 Å². The Balaban J connectivity index is 0.00000280. The van der Waals surface area contributed by atoms with Gasteiger partial charge in [-0.1, -0.05) is 42.5 Å². The highest BCUT2D eigenvalue weighted by atomic mass is 35.5. The van der Waals surface area contributed by atoms with E-state index in [1.807, 2.05) is 47.4 Å². The highest BCUT2D eigenvalue weighted by Gasteiger charge is 2.45. The van der Waals surface area contributed by atoms with E-state index >= 15 is 0 Å². The second kappa shape index (κ2) is 9.54. The monoisotopic (exact) mass is 407 g/mol. The second-order valence-electron chi connectivity index (χ2n) is 7.86. The van der Waals surface area contributed by atoms with Crippen molar-refractivity contribution in [1.29, 1.82) is 0 Å². The molecule has 2 atom stereocenters. The van der Waals surface area contributed by atoms with Gasteiger partial charge in [-0.2, -0.15) is 0 Å². The van der Waals surface area contributed by atoms with Gasteiger partial charge in [-0.25, -0.2) is 0 Å². The fourth-order valence-electron chi connectivity index (χ4n) is 3.98. The number of nitrogens with zero attached hydrogens (tertiary/aromatic N) is 2. The number of piperidine rings is 1. The fourth-order valence-corrected chi connectivity index (χ4v) is 3.98. The van der Waals surface area contributed by atoms with Crippen LogP contribution in [-0.2, 0) is 9.59 Å². The molecule has 0 aromatic heterocycles. The van der Waals surface area contributed by atoms with Gasteiger partial charge in [-0.15, -0.1) is 12.4 Å². The lowest BCUT2D eigenvalue weighted by molar-refractivity contribution is -0.137. The van der Waals surface area contributed by atoms with Gasteiger partial charge in [-0.05, 0) is 25.3 Å². The normalized spacial score (nSPS) is 21.0. The molecule has 28 heavy (non-hydrogen) atoms. The van der Waals surface area contributed by atoms with Crippen LogP contribution in [0, 0.1) is 5.41 Å². The number of amides is 2. The third-order valence-electron chi connectivity index (χ3n) is 5.78. The summed E-state index contributed by atoms with van der Waals surface area (Å²) in [6, 6.07) is 9.17. The summed E-state index contributed by atoms with van der Waals surface area (Å²) in [5.74, 6) is -0.0139. The molecule has 2 aliphatic heterocycles. The Hall–Kier alpha value is -1.89. The van der Waals surface area contributed by atoms with E-state index in [0.717, 1.165) is 24.9 Å². The van der Waals surface area contributed by atoms with Gasteiger partial charge >= 0.3 is 0 Å². The van der Waals surface area contributed by atoms with Crippen LogP contribution < -0.4 is 5.73 Å².